The maximum atomic E-state index is 9.70. The second kappa shape index (κ2) is 14.9. The van der Waals surface area contributed by atoms with Crippen LogP contribution in [0.4, 0.5) is 0 Å². The Balaban J connectivity index is 3.66. The summed E-state index contributed by atoms with van der Waals surface area (Å²) in [4.78, 5) is 0. The van der Waals surface area contributed by atoms with Crippen LogP contribution in [0.5, 0.6) is 0 Å². The first-order valence-corrected chi connectivity index (χ1v) is 7.48. The lowest BCUT2D eigenvalue weighted by molar-refractivity contribution is 0.208. The van der Waals surface area contributed by atoms with E-state index in [1.54, 1.807) is 12.2 Å². The summed E-state index contributed by atoms with van der Waals surface area (Å²) in [7, 11) is 0. The summed E-state index contributed by atoms with van der Waals surface area (Å²) in [6, 6.07) is 0. The van der Waals surface area contributed by atoms with Crippen molar-refractivity contribution in [1.82, 2.24) is 0 Å². The van der Waals surface area contributed by atoms with Crippen molar-refractivity contribution in [2.45, 2.75) is 57.2 Å². The van der Waals surface area contributed by atoms with Gasteiger partial charge in [0.15, 0.2) is 0 Å². The highest BCUT2D eigenvalue weighted by molar-refractivity contribution is 5.32. The van der Waals surface area contributed by atoms with Gasteiger partial charge < -0.3 is 15.3 Å². The van der Waals surface area contributed by atoms with Crippen molar-refractivity contribution in [2.24, 2.45) is 0 Å². The van der Waals surface area contributed by atoms with Crippen molar-refractivity contribution >= 4 is 0 Å². The van der Waals surface area contributed by atoms with E-state index in [9.17, 15) is 5.11 Å². The predicted molar refractivity (Wildman–Crippen MR) is 86.3 cm³/mol. The van der Waals surface area contributed by atoms with Crippen molar-refractivity contribution in [3.05, 3.63) is 24.8 Å². The molecule has 3 nitrogen and oxygen atoms in total. The SMILES string of the molecule is C=C[C@@H](O)C#CC#C/C=C/[C@@H](O)CCCCCCCCO. The summed E-state index contributed by atoms with van der Waals surface area (Å²) in [5.41, 5.74) is 0. The first-order valence-electron chi connectivity index (χ1n) is 7.48. The number of aliphatic hydroxyl groups is 3. The van der Waals surface area contributed by atoms with Gasteiger partial charge in [-0.1, -0.05) is 56.6 Å². The molecule has 0 radical (unpaired) electrons. The first kappa shape index (κ1) is 19.5. The van der Waals surface area contributed by atoms with Gasteiger partial charge in [-0.15, -0.1) is 0 Å². The maximum Gasteiger partial charge on any atom is 0.134 e. The molecule has 0 spiro atoms. The molecule has 0 aliphatic carbocycles. The molecule has 0 aromatic carbocycles. The van der Waals surface area contributed by atoms with Crippen molar-refractivity contribution in [3.63, 3.8) is 0 Å². The molecule has 0 aromatic heterocycles. The smallest absolute Gasteiger partial charge is 0.134 e. The monoisotopic (exact) mass is 290 g/mol. The van der Waals surface area contributed by atoms with Crippen LogP contribution in [-0.4, -0.2) is 34.1 Å². The number of hydrogen-bond donors (Lipinski definition) is 3. The Bertz CT molecular complexity index is 404. The maximum absolute atomic E-state index is 9.70. The van der Waals surface area contributed by atoms with E-state index in [0.717, 1.165) is 44.9 Å². The molecule has 3 N–H and O–H groups in total. The topological polar surface area (TPSA) is 60.7 Å². The van der Waals surface area contributed by atoms with Gasteiger partial charge in [-0.2, -0.15) is 0 Å². The highest BCUT2D eigenvalue weighted by Crippen LogP contribution is 2.09. The van der Waals surface area contributed by atoms with E-state index in [4.69, 9.17) is 10.2 Å². The molecule has 0 fully saturated rings. The van der Waals surface area contributed by atoms with Gasteiger partial charge in [0.05, 0.1) is 6.10 Å². The minimum absolute atomic E-state index is 0.279. The van der Waals surface area contributed by atoms with Crippen LogP contribution in [-0.2, 0) is 0 Å². The molecule has 0 bridgehead atoms. The summed E-state index contributed by atoms with van der Waals surface area (Å²) < 4.78 is 0. The van der Waals surface area contributed by atoms with E-state index >= 15 is 0 Å². The third-order valence-corrected chi connectivity index (χ3v) is 2.89. The zero-order valence-corrected chi connectivity index (χ0v) is 12.6. The van der Waals surface area contributed by atoms with Crippen LogP contribution in [0.3, 0.4) is 0 Å². The molecule has 116 valence electrons. The fraction of sp³-hybridized carbons (Fsp3) is 0.556. The van der Waals surface area contributed by atoms with Crippen molar-refractivity contribution in [2.75, 3.05) is 6.61 Å². The standard InChI is InChI=1S/C18H26O3/c1-2-17(20)13-9-6-7-11-15-18(21)14-10-5-3-4-8-12-16-19/h2,11,15,17-21H,1,3-5,8,10,12,14,16H2/b15-11+/t17-,18+/m1/s1. The number of aliphatic hydroxyl groups excluding tert-OH is 3. The average molecular weight is 290 g/mol. The Morgan fingerprint density at radius 2 is 1.62 bits per heavy atom. The molecule has 0 aliphatic heterocycles. The normalized spacial score (nSPS) is 12.9. The Morgan fingerprint density at radius 3 is 2.29 bits per heavy atom. The van der Waals surface area contributed by atoms with Crippen LogP contribution in [0.15, 0.2) is 24.8 Å². The van der Waals surface area contributed by atoms with Crippen molar-refractivity contribution in [1.29, 1.82) is 0 Å². The Kier molecular flexibility index (Phi) is 13.8. The lowest BCUT2D eigenvalue weighted by atomic mass is 10.1. The summed E-state index contributed by atoms with van der Waals surface area (Å²) >= 11 is 0. The van der Waals surface area contributed by atoms with Gasteiger partial charge in [0.1, 0.15) is 6.10 Å². The molecule has 2 atom stereocenters. The van der Waals surface area contributed by atoms with Gasteiger partial charge in [-0.3, -0.25) is 0 Å². The highest BCUT2D eigenvalue weighted by Gasteiger charge is 1.98. The molecular formula is C18H26O3. The number of allylic oxidation sites excluding steroid dienone is 1. The first-order chi connectivity index (χ1) is 10.2. The molecule has 21 heavy (non-hydrogen) atoms. The van der Waals surface area contributed by atoms with Gasteiger partial charge in [0.25, 0.3) is 0 Å². The summed E-state index contributed by atoms with van der Waals surface area (Å²) in [6.45, 7) is 3.68. The molecule has 3 heteroatoms. The quantitative estimate of drug-likeness (QED) is 0.328. The Hall–Kier alpha value is -1.52. The van der Waals surface area contributed by atoms with Gasteiger partial charge >= 0.3 is 0 Å². The summed E-state index contributed by atoms with van der Waals surface area (Å²) in [5.74, 6) is 10.2. The fourth-order valence-corrected chi connectivity index (χ4v) is 1.67. The van der Waals surface area contributed by atoms with Crippen molar-refractivity contribution in [3.8, 4) is 23.7 Å². The molecule has 0 heterocycles. The lowest BCUT2D eigenvalue weighted by Crippen LogP contribution is -2.01. The number of unbranched alkanes of at least 4 members (excludes halogenated alkanes) is 5. The molecule has 0 saturated carbocycles. The molecule has 0 rings (SSSR count). The molecule has 0 aromatic rings. The molecule has 0 saturated heterocycles. The minimum Gasteiger partial charge on any atom is -0.396 e. The number of rotatable bonds is 10. The summed E-state index contributed by atoms with van der Waals surface area (Å²) in [6.07, 6.45) is 10.4. The zero-order valence-electron chi connectivity index (χ0n) is 12.6. The van der Waals surface area contributed by atoms with Gasteiger partial charge in [0, 0.05) is 6.61 Å². The highest BCUT2D eigenvalue weighted by atomic mass is 16.3. The minimum atomic E-state index is -0.841. The van der Waals surface area contributed by atoms with E-state index in [1.165, 1.54) is 6.08 Å². The molecule has 0 aliphatic rings. The van der Waals surface area contributed by atoms with Gasteiger partial charge in [0.2, 0.25) is 0 Å². The Morgan fingerprint density at radius 1 is 0.952 bits per heavy atom. The van der Waals surface area contributed by atoms with E-state index in [2.05, 4.69) is 30.3 Å². The number of hydrogen-bond acceptors (Lipinski definition) is 3. The van der Waals surface area contributed by atoms with E-state index in [-0.39, 0.29) is 6.61 Å². The van der Waals surface area contributed by atoms with E-state index in [1.807, 2.05) is 0 Å². The van der Waals surface area contributed by atoms with Crippen molar-refractivity contribution < 1.29 is 15.3 Å². The zero-order chi connectivity index (χ0) is 15.8. The third-order valence-electron chi connectivity index (χ3n) is 2.89. The van der Waals surface area contributed by atoms with Crippen LogP contribution in [0.2, 0.25) is 0 Å². The van der Waals surface area contributed by atoms with Gasteiger partial charge in [-0.05, 0) is 36.8 Å². The van der Waals surface area contributed by atoms with E-state index in [0.29, 0.717) is 0 Å². The fourth-order valence-electron chi connectivity index (χ4n) is 1.67. The Labute approximate surface area is 128 Å². The van der Waals surface area contributed by atoms with E-state index < -0.39 is 12.2 Å². The van der Waals surface area contributed by atoms with Crippen LogP contribution in [0, 0.1) is 23.7 Å². The van der Waals surface area contributed by atoms with Crippen LogP contribution < -0.4 is 0 Å². The largest absolute Gasteiger partial charge is 0.396 e. The lowest BCUT2D eigenvalue weighted by Gasteiger charge is -2.04. The second-order valence-electron chi connectivity index (χ2n) is 4.78. The third kappa shape index (κ3) is 14.7. The van der Waals surface area contributed by atoms with Crippen LogP contribution in [0.25, 0.3) is 0 Å². The molecule has 0 amide bonds. The molecular weight excluding hydrogens is 264 g/mol. The average Bonchev–Trinajstić information content (AvgIpc) is 2.49. The van der Waals surface area contributed by atoms with Crippen LogP contribution >= 0.6 is 0 Å². The molecule has 0 unspecified atom stereocenters. The summed E-state index contributed by atoms with van der Waals surface area (Å²) in [5, 5.41) is 27.4. The van der Waals surface area contributed by atoms with Crippen LogP contribution in [0.1, 0.15) is 44.9 Å². The van der Waals surface area contributed by atoms with Gasteiger partial charge in [-0.25, -0.2) is 0 Å². The predicted octanol–water partition coefficient (Wildman–Crippen LogP) is 2.18. The second-order valence-corrected chi connectivity index (χ2v) is 4.78.